The lowest BCUT2D eigenvalue weighted by atomic mass is 9.91. The molecular formula is C19H18N2O3S. The van der Waals surface area contributed by atoms with Gasteiger partial charge in [0.2, 0.25) is 5.91 Å². The average Bonchev–Trinajstić information content (AvgIpc) is 3.10. The normalized spacial score (nSPS) is 26.3. The summed E-state index contributed by atoms with van der Waals surface area (Å²) in [4.78, 5) is 34.0. The van der Waals surface area contributed by atoms with E-state index in [1.165, 1.54) is 4.90 Å². The fourth-order valence-electron chi connectivity index (χ4n) is 3.60. The summed E-state index contributed by atoms with van der Waals surface area (Å²) in [6.07, 6.45) is 1.26. The van der Waals surface area contributed by atoms with Gasteiger partial charge in [0.15, 0.2) is 6.10 Å². The van der Waals surface area contributed by atoms with E-state index in [1.807, 2.05) is 48.7 Å². The van der Waals surface area contributed by atoms with Crippen molar-refractivity contribution in [1.29, 1.82) is 0 Å². The van der Waals surface area contributed by atoms with E-state index in [2.05, 4.69) is 0 Å². The highest BCUT2D eigenvalue weighted by atomic mass is 32.2. The zero-order valence-corrected chi connectivity index (χ0v) is 14.8. The number of hydroxylamine groups is 2. The quantitative estimate of drug-likeness (QED) is 0.627. The minimum absolute atomic E-state index is 0.204. The molecule has 0 spiro atoms. The Morgan fingerprint density at radius 2 is 1.64 bits per heavy atom. The van der Waals surface area contributed by atoms with Gasteiger partial charge in [-0.15, -0.1) is 11.8 Å². The van der Waals surface area contributed by atoms with Gasteiger partial charge in [-0.05, 0) is 36.1 Å². The number of hydrogen-bond acceptors (Lipinski definition) is 5. The number of hydrogen-bond donors (Lipinski definition) is 0. The van der Waals surface area contributed by atoms with E-state index in [0.717, 1.165) is 10.5 Å². The molecule has 0 radical (unpaired) electrons. The zero-order valence-electron chi connectivity index (χ0n) is 14.0. The SMILES string of the molecule is CSc1ccc([C@H]2[C@H]3C(=O)N(c4ccccc4)C(=O)[C@H]3ON2C)cc1. The number of imide groups is 1. The van der Waals surface area contributed by atoms with E-state index >= 15 is 0 Å². The Morgan fingerprint density at radius 3 is 2.28 bits per heavy atom. The van der Waals surface area contributed by atoms with Crippen LogP contribution in [-0.2, 0) is 14.4 Å². The van der Waals surface area contributed by atoms with E-state index in [1.54, 1.807) is 36.0 Å². The van der Waals surface area contributed by atoms with Crippen molar-refractivity contribution in [3.05, 3.63) is 60.2 Å². The Morgan fingerprint density at radius 1 is 0.960 bits per heavy atom. The van der Waals surface area contributed by atoms with Crippen molar-refractivity contribution in [3.63, 3.8) is 0 Å². The van der Waals surface area contributed by atoms with E-state index in [0.29, 0.717) is 5.69 Å². The molecule has 4 rings (SSSR count). The molecule has 6 heteroatoms. The summed E-state index contributed by atoms with van der Waals surface area (Å²) >= 11 is 1.66. The van der Waals surface area contributed by atoms with Gasteiger partial charge in [0, 0.05) is 11.9 Å². The third kappa shape index (κ3) is 2.57. The molecule has 0 aliphatic carbocycles. The first-order chi connectivity index (χ1) is 12.1. The molecule has 128 valence electrons. The first-order valence-corrected chi connectivity index (χ1v) is 9.30. The van der Waals surface area contributed by atoms with Gasteiger partial charge in [0.1, 0.15) is 0 Å². The van der Waals surface area contributed by atoms with E-state index in [-0.39, 0.29) is 17.9 Å². The molecule has 2 saturated heterocycles. The molecule has 2 aromatic carbocycles. The number of rotatable bonds is 3. The Bertz CT molecular complexity index is 809. The summed E-state index contributed by atoms with van der Waals surface area (Å²) in [6, 6.07) is 16.8. The molecule has 0 N–H and O–H groups in total. The van der Waals surface area contributed by atoms with Crippen LogP contribution in [0.25, 0.3) is 0 Å². The number of carbonyl (C=O) groups is 2. The minimum atomic E-state index is -0.761. The third-order valence-electron chi connectivity index (χ3n) is 4.78. The molecule has 5 nitrogen and oxygen atoms in total. The van der Waals surface area contributed by atoms with Crippen LogP contribution in [0.15, 0.2) is 59.5 Å². The highest BCUT2D eigenvalue weighted by Gasteiger charge is 2.59. The Balaban J connectivity index is 1.69. The minimum Gasteiger partial charge on any atom is -0.284 e. The number of anilines is 1. The summed E-state index contributed by atoms with van der Waals surface area (Å²) in [6.45, 7) is 0. The Labute approximate surface area is 150 Å². The van der Waals surface area contributed by atoms with Gasteiger partial charge in [0.05, 0.1) is 17.6 Å². The molecule has 3 atom stereocenters. The number of benzene rings is 2. The van der Waals surface area contributed by atoms with Crippen LogP contribution in [0.2, 0.25) is 0 Å². The van der Waals surface area contributed by atoms with Crippen molar-refractivity contribution in [3.8, 4) is 0 Å². The standard InChI is InChI=1S/C19H18N2O3S/c1-20-16(12-8-10-14(25-2)11-9-12)15-17(24-20)19(23)21(18(15)22)13-6-4-3-5-7-13/h3-11,15-17H,1-2H3/t15-,16+,17+/m1/s1. The van der Waals surface area contributed by atoms with Crippen molar-refractivity contribution in [2.75, 3.05) is 18.2 Å². The van der Waals surface area contributed by atoms with Gasteiger partial charge in [-0.2, -0.15) is 5.06 Å². The van der Waals surface area contributed by atoms with Gasteiger partial charge in [-0.3, -0.25) is 14.4 Å². The number of amides is 2. The second-order valence-electron chi connectivity index (χ2n) is 6.16. The maximum absolute atomic E-state index is 13.0. The number of nitrogens with zero attached hydrogens (tertiary/aromatic N) is 2. The molecule has 0 saturated carbocycles. The smallest absolute Gasteiger partial charge is 0.265 e. The van der Waals surface area contributed by atoms with Crippen molar-refractivity contribution in [2.45, 2.75) is 17.0 Å². The second-order valence-corrected chi connectivity index (χ2v) is 7.04. The molecule has 2 fully saturated rings. The molecule has 2 aliphatic rings. The average molecular weight is 354 g/mol. The lowest BCUT2D eigenvalue weighted by Crippen LogP contribution is -2.36. The number of fused-ring (bicyclic) bond motifs is 1. The fraction of sp³-hybridized carbons (Fsp3) is 0.263. The summed E-state index contributed by atoms with van der Waals surface area (Å²) < 4.78 is 0. The fourth-order valence-corrected chi connectivity index (χ4v) is 4.01. The molecule has 2 aliphatic heterocycles. The number of carbonyl (C=O) groups excluding carboxylic acids is 2. The monoisotopic (exact) mass is 354 g/mol. The first-order valence-electron chi connectivity index (χ1n) is 8.08. The van der Waals surface area contributed by atoms with Crippen molar-refractivity contribution in [1.82, 2.24) is 5.06 Å². The van der Waals surface area contributed by atoms with Crippen molar-refractivity contribution >= 4 is 29.3 Å². The summed E-state index contributed by atoms with van der Waals surface area (Å²) in [5.74, 6) is -1.03. The van der Waals surface area contributed by atoms with Crippen LogP contribution < -0.4 is 4.90 Å². The molecule has 2 aromatic rings. The lowest BCUT2D eigenvalue weighted by Gasteiger charge is -2.24. The van der Waals surface area contributed by atoms with Gasteiger partial charge >= 0.3 is 0 Å². The summed E-state index contributed by atoms with van der Waals surface area (Å²) in [5, 5.41) is 1.64. The predicted molar refractivity (Wildman–Crippen MR) is 96.0 cm³/mol. The van der Waals surface area contributed by atoms with E-state index < -0.39 is 12.0 Å². The topological polar surface area (TPSA) is 49.9 Å². The maximum Gasteiger partial charge on any atom is 0.265 e. The number of para-hydroxylation sites is 1. The van der Waals surface area contributed by atoms with Gasteiger partial charge in [-0.1, -0.05) is 30.3 Å². The maximum atomic E-state index is 13.0. The van der Waals surface area contributed by atoms with E-state index in [4.69, 9.17) is 4.84 Å². The highest BCUT2D eigenvalue weighted by Crippen LogP contribution is 2.44. The number of thioether (sulfide) groups is 1. The molecule has 2 heterocycles. The van der Waals surface area contributed by atoms with Crippen LogP contribution in [0, 0.1) is 5.92 Å². The molecule has 0 bridgehead atoms. The summed E-state index contributed by atoms with van der Waals surface area (Å²) in [5.41, 5.74) is 1.57. The largest absolute Gasteiger partial charge is 0.284 e. The molecule has 25 heavy (non-hydrogen) atoms. The van der Waals surface area contributed by atoms with Crippen LogP contribution >= 0.6 is 11.8 Å². The molecule has 2 amide bonds. The first kappa shape index (κ1) is 16.3. The third-order valence-corrected chi connectivity index (χ3v) is 5.52. The zero-order chi connectivity index (χ0) is 17.6. The highest BCUT2D eigenvalue weighted by molar-refractivity contribution is 7.98. The van der Waals surface area contributed by atoms with Crippen LogP contribution in [0.3, 0.4) is 0 Å². The lowest BCUT2D eigenvalue weighted by molar-refractivity contribution is -0.160. The van der Waals surface area contributed by atoms with Gasteiger partial charge < -0.3 is 0 Å². The summed E-state index contributed by atoms with van der Waals surface area (Å²) in [7, 11) is 1.78. The Hall–Kier alpha value is -2.15. The van der Waals surface area contributed by atoms with Crippen molar-refractivity contribution < 1.29 is 14.4 Å². The van der Waals surface area contributed by atoms with Crippen LogP contribution in [0.4, 0.5) is 5.69 Å². The van der Waals surface area contributed by atoms with Gasteiger partial charge in [0.25, 0.3) is 5.91 Å². The van der Waals surface area contributed by atoms with Crippen LogP contribution in [0.5, 0.6) is 0 Å². The Kier molecular flexibility index (Phi) is 4.11. The molecule has 0 unspecified atom stereocenters. The van der Waals surface area contributed by atoms with Gasteiger partial charge in [-0.25, -0.2) is 4.90 Å². The predicted octanol–water partition coefficient (Wildman–Crippen LogP) is 2.88. The van der Waals surface area contributed by atoms with Crippen LogP contribution in [0.1, 0.15) is 11.6 Å². The van der Waals surface area contributed by atoms with Crippen LogP contribution in [-0.4, -0.2) is 36.3 Å². The molecule has 0 aromatic heterocycles. The van der Waals surface area contributed by atoms with Crippen molar-refractivity contribution in [2.24, 2.45) is 5.92 Å². The second kappa shape index (κ2) is 6.29. The molecular weight excluding hydrogens is 336 g/mol. The van der Waals surface area contributed by atoms with E-state index in [9.17, 15) is 9.59 Å².